The van der Waals surface area contributed by atoms with Gasteiger partial charge in [-0.2, -0.15) is 0 Å². The zero-order valence-electron chi connectivity index (χ0n) is 32.1. The highest BCUT2D eigenvalue weighted by atomic mass is 16.3. The van der Waals surface area contributed by atoms with E-state index in [-0.39, 0.29) is 0 Å². The van der Waals surface area contributed by atoms with Gasteiger partial charge in [-0.15, -0.1) is 0 Å². The van der Waals surface area contributed by atoms with Crippen LogP contribution in [0.3, 0.4) is 0 Å². The van der Waals surface area contributed by atoms with Crippen molar-refractivity contribution in [2.24, 2.45) is 0 Å². The van der Waals surface area contributed by atoms with Gasteiger partial charge in [0.25, 0.3) is 0 Å². The van der Waals surface area contributed by atoms with Crippen LogP contribution in [-0.4, -0.2) is 9.97 Å². The van der Waals surface area contributed by atoms with E-state index in [0.717, 1.165) is 83.4 Å². The maximum atomic E-state index is 6.23. The third kappa shape index (κ3) is 6.55. The lowest BCUT2D eigenvalue weighted by atomic mass is 9.92. The maximum absolute atomic E-state index is 6.23. The van der Waals surface area contributed by atoms with E-state index in [1.54, 1.807) is 0 Å². The standard InChI is InChI=1S/C56H36N2O/c1-3-13-37(14-4-1)39-23-25-40(26-24-39)45-32-46(43-29-30-55-51(35-43)50-21-11-12-22-54(50)59-55)34-47(33-45)52-36-53(58-56(57-52)41-16-5-2-6-17-41)49-20-10-9-19-48(49)44-28-27-38-15-7-8-18-42(38)31-44/h1-36H. The summed E-state index contributed by atoms with van der Waals surface area (Å²) in [6.45, 7) is 0. The van der Waals surface area contributed by atoms with Crippen LogP contribution in [0.4, 0.5) is 0 Å². The molecule has 0 aliphatic heterocycles. The zero-order chi connectivity index (χ0) is 39.1. The minimum absolute atomic E-state index is 0.678. The Balaban J connectivity index is 1.11. The molecule has 2 aromatic heterocycles. The Hall–Kier alpha value is -7.88. The summed E-state index contributed by atoms with van der Waals surface area (Å²) in [7, 11) is 0. The number of rotatable bonds is 7. The summed E-state index contributed by atoms with van der Waals surface area (Å²) in [4.78, 5) is 10.6. The molecule has 0 radical (unpaired) electrons. The van der Waals surface area contributed by atoms with Crippen LogP contribution in [0, 0.1) is 0 Å². The first-order valence-electron chi connectivity index (χ1n) is 20.0. The summed E-state index contributed by atoms with van der Waals surface area (Å²) < 4.78 is 6.23. The van der Waals surface area contributed by atoms with Crippen LogP contribution >= 0.6 is 0 Å². The van der Waals surface area contributed by atoms with E-state index in [2.05, 4.69) is 188 Å². The second-order valence-corrected chi connectivity index (χ2v) is 15.0. The molecule has 0 bridgehead atoms. The predicted octanol–water partition coefficient (Wildman–Crippen LogP) is 15.2. The van der Waals surface area contributed by atoms with Crippen molar-refractivity contribution in [3.8, 4) is 78.4 Å². The van der Waals surface area contributed by atoms with Crippen LogP contribution in [0.15, 0.2) is 223 Å². The molecule has 11 aromatic rings. The van der Waals surface area contributed by atoms with E-state index < -0.39 is 0 Å². The van der Waals surface area contributed by atoms with Gasteiger partial charge in [0.1, 0.15) is 11.2 Å². The average molecular weight is 753 g/mol. The highest BCUT2D eigenvalue weighted by Crippen LogP contribution is 2.39. The molecule has 3 nitrogen and oxygen atoms in total. The summed E-state index contributed by atoms with van der Waals surface area (Å²) in [5.41, 5.74) is 15.6. The van der Waals surface area contributed by atoms with Crippen LogP contribution in [0.2, 0.25) is 0 Å². The fourth-order valence-electron chi connectivity index (χ4n) is 8.26. The number of benzene rings is 9. The summed E-state index contributed by atoms with van der Waals surface area (Å²) in [6, 6.07) is 77.1. The van der Waals surface area contributed by atoms with Crippen LogP contribution in [0.5, 0.6) is 0 Å². The minimum atomic E-state index is 0.678. The first kappa shape index (κ1) is 34.4. The summed E-state index contributed by atoms with van der Waals surface area (Å²) in [6.07, 6.45) is 0. The summed E-state index contributed by atoms with van der Waals surface area (Å²) in [5, 5.41) is 4.62. The Morgan fingerprint density at radius 1 is 0.271 bits per heavy atom. The van der Waals surface area contributed by atoms with Crippen molar-refractivity contribution in [3.63, 3.8) is 0 Å². The highest BCUT2D eigenvalue weighted by Gasteiger charge is 2.17. The van der Waals surface area contributed by atoms with Gasteiger partial charge < -0.3 is 4.42 Å². The first-order valence-corrected chi connectivity index (χ1v) is 20.0. The monoisotopic (exact) mass is 752 g/mol. The van der Waals surface area contributed by atoms with Gasteiger partial charge in [0.2, 0.25) is 0 Å². The van der Waals surface area contributed by atoms with E-state index in [9.17, 15) is 0 Å². The van der Waals surface area contributed by atoms with Gasteiger partial charge >= 0.3 is 0 Å². The van der Waals surface area contributed by atoms with Crippen LogP contribution in [-0.2, 0) is 0 Å². The Morgan fingerprint density at radius 3 is 1.61 bits per heavy atom. The van der Waals surface area contributed by atoms with Crippen molar-refractivity contribution in [2.45, 2.75) is 0 Å². The molecule has 3 heteroatoms. The predicted molar refractivity (Wildman–Crippen MR) is 245 cm³/mol. The van der Waals surface area contributed by atoms with E-state index in [4.69, 9.17) is 14.4 Å². The third-order valence-corrected chi connectivity index (χ3v) is 11.3. The number of fused-ring (bicyclic) bond motifs is 4. The zero-order valence-corrected chi connectivity index (χ0v) is 32.1. The van der Waals surface area contributed by atoms with Gasteiger partial charge in [-0.1, -0.05) is 170 Å². The van der Waals surface area contributed by atoms with Crippen LogP contribution in [0.1, 0.15) is 0 Å². The molecule has 9 aromatic carbocycles. The second-order valence-electron chi connectivity index (χ2n) is 15.0. The van der Waals surface area contributed by atoms with Gasteiger partial charge in [0.15, 0.2) is 5.82 Å². The molecule has 0 saturated carbocycles. The Kier molecular flexibility index (Phi) is 8.49. The molecular weight excluding hydrogens is 717 g/mol. The fourth-order valence-corrected chi connectivity index (χ4v) is 8.26. The van der Waals surface area contributed by atoms with Gasteiger partial charge in [-0.25, -0.2) is 9.97 Å². The minimum Gasteiger partial charge on any atom is -0.456 e. The highest BCUT2D eigenvalue weighted by molar-refractivity contribution is 6.06. The van der Waals surface area contributed by atoms with E-state index >= 15 is 0 Å². The van der Waals surface area contributed by atoms with Crippen molar-refractivity contribution in [1.29, 1.82) is 0 Å². The topological polar surface area (TPSA) is 38.9 Å². The third-order valence-electron chi connectivity index (χ3n) is 11.3. The van der Waals surface area contributed by atoms with Crippen LogP contribution in [0.25, 0.3) is 111 Å². The fraction of sp³-hybridized carbons (Fsp3) is 0. The molecule has 0 aliphatic rings. The lowest BCUT2D eigenvalue weighted by Gasteiger charge is -2.15. The number of furan rings is 1. The SMILES string of the molecule is c1ccc(-c2ccc(-c3cc(-c4ccc5oc6ccccc6c5c4)cc(-c4cc(-c5ccccc5-c5ccc6ccccc6c5)nc(-c5ccccc5)n4)c3)cc2)cc1. The molecule has 11 rings (SSSR count). The molecule has 0 aliphatic carbocycles. The first-order chi connectivity index (χ1) is 29.2. The van der Waals surface area contributed by atoms with Crippen molar-refractivity contribution in [1.82, 2.24) is 9.97 Å². The largest absolute Gasteiger partial charge is 0.456 e. The van der Waals surface area contributed by atoms with Gasteiger partial charge in [0.05, 0.1) is 11.4 Å². The lowest BCUT2D eigenvalue weighted by Crippen LogP contribution is -1.97. The lowest BCUT2D eigenvalue weighted by molar-refractivity contribution is 0.669. The van der Waals surface area contributed by atoms with Gasteiger partial charge in [-0.3, -0.25) is 0 Å². The van der Waals surface area contributed by atoms with E-state index in [0.29, 0.717) is 5.82 Å². The normalized spacial score (nSPS) is 11.4. The maximum Gasteiger partial charge on any atom is 0.160 e. The van der Waals surface area contributed by atoms with Gasteiger partial charge in [-0.05, 0) is 104 Å². The number of para-hydroxylation sites is 1. The van der Waals surface area contributed by atoms with Crippen molar-refractivity contribution in [2.75, 3.05) is 0 Å². The number of nitrogens with zero attached hydrogens (tertiary/aromatic N) is 2. The molecular formula is C56H36N2O. The molecule has 0 amide bonds. The quantitative estimate of drug-likeness (QED) is 0.163. The van der Waals surface area contributed by atoms with Crippen LogP contribution < -0.4 is 0 Å². The van der Waals surface area contributed by atoms with Crippen molar-refractivity contribution in [3.05, 3.63) is 218 Å². The second kappa shape index (κ2) is 14.6. The molecule has 59 heavy (non-hydrogen) atoms. The molecule has 0 N–H and O–H groups in total. The summed E-state index contributed by atoms with van der Waals surface area (Å²) in [5.74, 6) is 0.678. The van der Waals surface area contributed by atoms with E-state index in [1.165, 1.54) is 21.9 Å². The molecule has 0 spiro atoms. The summed E-state index contributed by atoms with van der Waals surface area (Å²) >= 11 is 0. The molecule has 0 fully saturated rings. The number of hydrogen-bond acceptors (Lipinski definition) is 3. The number of aromatic nitrogens is 2. The molecule has 0 unspecified atom stereocenters. The molecule has 0 saturated heterocycles. The van der Waals surface area contributed by atoms with E-state index in [1.807, 2.05) is 30.3 Å². The molecule has 2 heterocycles. The molecule has 0 atom stereocenters. The van der Waals surface area contributed by atoms with Crippen molar-refractivity contribution >= 4 is 32.7 Å². The molecule has 276 valence electrons. The number of hydrogen-bond donors (Lipinski definition) is 0. The Bertz CT molecular complexity index is 3310. The Labute approximate surface area is 342 Å². The van der Waals surface area contributed by atoms with Crippen molar-refractivity contribution < 1.29 is 4.42 Å². The Morgan fingerprint density at radius 2 is 0.814 bits per heavy atom. The smallest absolute Gasteiger partial charge is 0.160 e. The average Bonchev–Trinajstić information content (AvgIpc) is 3.70. The van der Waals surface area contributed by atoms with Gasteiger partial charge in [0, 0.05) is 27.5 Å².